The smallest absolute Gasteiger partial charge is 0.249 e. The van der Waals surface area contributed by atoms with Gasteiger partial charge >= 0.3 is 0 Å². The zero-order chi connectivity index (χ0) is 20.2. The molecule has 29 heavy (non-hydrogen) atoms. The summed E-state index contributed by atoms with van der Waals surface area (Å²) < 4.78 is 16.1. The second kappa shape index (κ2) is 8.22. The Bertz CT molecular complexity index is 1010. The molecule has 0 fully saturated rings. The number of hydrogen-bond donors (Lipinski definition) is 1. The van der Waals surface area contributed by atoms with E-state index in [0.717, 1.165) is 41.7 Å². The Labute approximate surface area is 169 Å². The topological polar surface area (TPSA) is 81.6 Å². The van der Waals surface area contributed by atoms with E-state index in [1.165, 1.54) is 11.1 Å². The lowest BCUT2D eigenvalue weighted by atomic mass is 9.99. The number of rotatable bonds is 6. The van der Waals surface area contributed by atoms with Gasteiger partial charge in [0.15, 0.2) is 17.3 Å². The third-order valence-electron chi connectivity index (χ3n) is 4.91. The number of methoxy groups -OCH3 is 3. The van der Waals surface area contributed by atoms with Gasteiger partial charge in [-0.25, -0.2) is 0 Å². The minimum absolute atomic E-state index is 0.439. The standard InChI is InChI=1S/C21H23N5O3/c1-27-17-6-4-5-16(11-17)23-21-24-20(12-22-25-21)26-8-7-14-9-18(28-2)19(29-3)10-15(14)13-26/h4-6,9-12H,7-8,13H2,1-3H3,(H,23,24,25). The van der Waals surface area contributed by atoms with Crippen molar-refractivity contribution in [3.63, 3.8) is 0 Å². The summed E-state index contributed by atoms with van der Waals surface area (Å²) in [4.78, 5) is 6.82. The Hall–Kier alpha value is -3.55. The molecule has 2 aromatic carbocycles. The van der Waals surface area contributed by atoms with Crippen LogP contribution in [-0.4, -0.2) is 43.1 Å². The molecule has 4 rings (SSSR count). The molecule has 2 heterocycles. The van der Waals surface area contributed by atoms with Gasteiger partial charge in [0.1, 0.15) is 5.75 Å². The number of anilines is 3. The molecule has 0 amide bonds. The first kappa shape index (κ1) is 18.8. The van der Waals surface area contributed by atoms with E-state index in [0.29, 0.717) is 12.5 Å². The van der Waals surface area contributed by atoms with Crippen molar-refractivity contribution >= 4 is 17.5 Å². The molecule has 0 atom stereocenters. The largest absolute Gasteiger partial charge is 0.497 e. The van der Waals surface area contributed by atoms with Crippen molar-refractivity contribution in [1.82, 2.24) is 15.2 Å². The van der Waals surface area contributed by atoms with Crippen LogP contribution >= 0.6 is 0 Å². The highest BCUT2D eigenvalue weighted by Gasteiger charge is 2.21. The Morgan fingerprint density at radius 2 is 1.76 bits per heavy atom. The lowest BCUT2D eigenvalue weighted by Gasteiger charge is -2.30. The fraction of sp³-hybridized carbons (Fsp3) is 0.286. The third kappa shape index (κ3) is 4.01. The van der Waals surface area contributed by atoms with E-state index in [4.69, 9.17) is 14.2 Å². The fourth-order valence-corrected chi connectivity index (χ4v) is 3.41. The van der Waals surface area contributed by atoms with Gasteiger partial charge in [0.2, 0.25) is 5.95 Å². The summed E-state index contributed by atoms with van der Waals surface area (Å²) in [5, 5.41) is 11.4. The average molecular weight is 393 g/mol. The van der Waals surface area contributed by atoms with E-state index in [1.807, 2.05) is 30.3 Å². The Balaban J connectivity index is 1.54. The van der Waals surface area contributed by atoms with E-state index in [9.17, 15) is 0 Å². The zero-order valence-electron chi connectivity index (χ0n) is 16.7. The molecule has 0 aliphatic carbocycles. The van der Waals surface area contributed by atoms with Crippen LogP contribution in [0.4, 0.5) is 17.5 Å². The fourth-order valence-electron chi connectivity index (χ4n) is 3.41. The van der Waals surface area contributed by atoms with E-state index in [1.54, 1.807) is 27.5 Å². The molecule has 8 nitrogen and oxygen atoms in total. The molecule has 0 unspecified atom stereocenters. The van der Waals surface area contributed by atoms with Crippen LogP contribution in [0.1, 0.15) is 11.1 Å². The number of benzene rings is 2. The summed E-state index contributed by atoms with van der Waals surface area (Å²) in [5.41, 5.74) is 3.29. The monoisotopic (exact) mass is 393 g/mol. The molecule has 3 aromatic rings. The van der Waals surface area contributed by atoms with Crippen LogP contribution in [-0.2, 0) is 13.0 Å². The van der Waals surface area contributed by atoms with Crippen molar-refractivity contribution in [3.05, 3.63) is 53.7 Å². The van der Waals surface area contributed by atoms with Gasteiger partial charge in [0.25, 0.3) is 0 Å². The number of fused-ring (bicyclic) bond motifs is 1. The van der Waals surface area contributed by atoms with Crippen LogP contribution in [0.3, 0.4) is 0 Å². The van der Waals surface area contributed by atoms with Crippen LogP contribution < -0.4 is 24.4 Å². The first-order chi connectivity index (χ1) is 14.2. The summed E-state index contributed by atoms with van der Waals surface area (Å²) in [6.07, 6.45) is 2.57. The van der Waals surface area contributed by atoms with Gasteiger partial charge in [0, 0.05) is 24.8 Å². The first-order valence-electron chi connectivity index (χ1n) is 9.29. The van der Waals surface area contributed by atoms with Gasteiger partial charge in [-0.2, -0.15) is 10.1 Å². The van der Waals surface area contributed by atoms with Gasteiger partial charge < -0.3 is 24.4 Å². The van der Waals surface area contributed by atoms with Crippen molar-refractivity contribution in [3.8, 4) is 17.2 Å². The number of nitrogens with one attached hydrogen (secondary N) is 1. The molecule has 0 saturated heterocycles. The number of hydrogen-bond acceptors (Lipinski definition) is 8. The predicted molar refractivity (Wildman–Crippen MR) is 110 cm³/mol. The second-order valence-electron chi connectivity index (χ2n) is 6.64. The highest BCUT2D eigenvalue weighted by Crippen LogP contribution is 2.34. The molecule has 1 aliphatic heterocycles. The minimum atomic E-state index is 0.439. The molecular weight excluding hydrogens is 370 g/mol. The lowest BCUT2D eigenvalue weighted by molar-refractivity contribution is 0.353. The quantitative estimate of drug-likeness (QED) is 0.684. The molecule has 0 bridgehead atoms. The summed E-state index contributed by atoms with van der Waals surface area (Å²) in [6, 6.07) is 11.7. The highest BCUT2D eigenvalue weighted by atomic mass is 16.5. The average Bonchev–Trinajstić information content (AvgIpc) is 2.78. The molecule has 1 aromatic heterocycles. The number of aromatic nitrogens is 3. The maximum absolute atomic E-state index is 5.45. The molecule has 0 radical (unpaired) electrons. The van der Waals surface area contributed by atoms with E-state index < -0.39 is 0 Å². The van der Waals surface area contributed by atoms with Crippen molar-refractivity contribution in [2.75, 3.05) is 38.1 Å². The van der Waals surface area contributed by atoms with E-state index >= 15 is 0 Å². The van der Waals surface area contributed by atoms with Crippen molar-refractivity contribution in [1.29, 1.82) is 0 Å². The zero-order valence-corrected chi connectivity index (χ0v) is 16.7. The maximum atomic E-state index is 5.45. The van der Waals surface area contributed by atoms with Crippen LogP contribution in [0, 0.1) is 0 Å². The molecule has 0 spiro atoms. The summed E-state index contributed by atoms with van der Waals surface area (Å²) >= 11 is 0. The first-order valence-corrected chi connectivity index (χ1v) is 9.29. The lowest BCUT2D eigenvalue weighted by Crippen LogP contribution is -2.31. The molecule has 1 aliphatic rings. The molecule has 1 N–H and O–H groups in total. The predicted octanol–water partition coefficient (Wildman–Crippen LogP) is 3.20. The van der Waals surface area contributed by atoms with E-state index in [-0.39, 0.29) is 0 Å². The number of nitrogens with zero attached hydrogens (tertiary/aromatic N) is 4. The van der Waals surface area contributed by atoms with Crippen LogP contribution in [0.2, 0.25) is 0 Å². The molecule has 8 heteroatoms. The highest BCUT2D eigenvalue weighted by molar-refractivity contribution is 5.57. The van der Waals surface area contributed by atoms with Gasteiger partial charge in [-0.3, -0.25) is 0 Å². The van der Waals surface area contributed by atoms with Gasteiger partial charge in [-0.1, -0.05) is 6.07 Å². The Morgan fingerprint density at radius 3 is 2.52 bits per heavy atom. The third-order valence-corrected chi connectivity index (χ3v) is 4.91. The second-order valence-corrected chi connectivity index (χ2v) is 6.64. The van der Waals surface area contributed by atoms with Gasteiger partial charge in [-0.15, -0.1) is 5.10 Å². The maximum Gasteiger partial charge on any atom is 0.249 e. The van der Waals surface area contributed by atoms with E-state index in [2.05, 4.69) is 31.5 Å². The van der Waals surface area contributed by atoms with Crippen LogP contribution in [0.15, 0.2) is 42.6 Å². The minimum Gasteiger partial charge on any atom is -0.497 e. The summed E-state index contributed by atoms with van der Waals surface area (Å²) in [7, 11) is 4.94. The molecular formula is C21H23N5O3. The van der Waals surface area contributed by atoms with Crippen molar-refractivity contribution in [2.24, 2.45) is 0 Å². The van der Waals surface area contributed by atoms with Crippen LogP contribution in [0.5, 0.6) is 17.2 Å². The van der Waals surface area contributed by atoms with Crippen molar-refractivity contribution in [2.45, 2.75) is 13.0 Å². The molecule has 0 saturated carbocycles. The van der Waals surface area contributed by atoms with Gasteiger partial charge in [-0.05, 0) is 41.8 Å². The Kier molecular flexibility index (Phi) is 5.33. The molecule has 150 valence electrons. The number of ether oxygens (including phenoxy) is 3. The van der Waals surface area contributed by atoms with Gasteiger partial charge in [0.05, 0.1) is 27.5 Å². The van der Waals surface area contributed by atoms with Crippen LogP contribution in [0.25, 0.3) is 0 Å². The SMILES string of the molecule is COc1cccc(Nc2nncc(N3CCc4cc(OC)c(OC)cc4C3)n2)c1. The normalized spacial score (nSPS) is 12.9. The van der Waals surface area contributed by atoms with Crippen molar-refractivity contribution < 1.29 is 14.2 Å². The summed E-state index contributed by atoms with van der Waals surface area (Å²) in [6.45, 7) is 1.55. The summed E-state index contributed by atoms with van der Waals surface area (Å²) in [5.74, 6) is 3.46. The Morgan fingerprint density at radius 1 is 0.966 bits per heavy atom.